The second-order valence-corrected chi connectivity index (χ2v) is 5.78. The van der Waals surface area contributed by atoms with Gasteiger partial charge in [0, 0.05) is 12.0 Å². The molecule has 2 aromatic rings. The van der Waals surface area contributed by atoms with E-state index >= 15 is 0 Å². The number of fused-ring (bicyclic) bond motifs is 1. The molecule has 1 aromatic heterocycles. The maximum absolute atomic E-state index is 12.5. The molecule has 6 heteroatoms. The third kappa shape index (κ3) is 2.80. The van der Waals surface area contributed by atoms with Gasteiger partial charge in [-0.05, 0) is 32.9 Å². The summed E-state index contributed by atoms with van der Waals surface area (Å²) in [5, 5.41) is 9.28. The molecule has 0 saturated carbocycles. The molecule has 0 spiro atoms. The molecule has 1 atom stereocenters. The van der Waals surface area contributed by atoms with Gasteiger partial charge >= 0.3 is 6.18 Å². The first-order valence-corrected chi connectivity index (χ1v) is 6.32. The van der Waals surface area contributed by atoms with Crippen LogP contribution in [0.2, 0.25) is 0 Å². The topological polar surface area (TPSA) is 38.0 Å². The van der Waals surface area contributed by atoms with Crippen molar-refractivity contribution in [2.45, 2.75) is 45.0 Å². The molecule has 1 aromatic carbocycles. The van der Waals surface area contributed by atoms with Crippen LogP contribution in [-0.2, 0) is 12.0 Å². The Hall–Kier alpha value is -1.56. The number of aliphatic hydroxyl groups excluding tert-OH is 1. The van der Waals surface area contributed by atoms with E-state index in [0.29, 0.717) is 5.52 Å². The number of halogens is 3. The number of alkyl halides is 3. The Morgan fingerprint density at radius 3 is 2.35 bits per heavy atom. The largest absolute Gasteiger partial charge is 0.414 e. The van der Waals surface area contributed by atoms with Crippen molar-refractivity contribution in [2.24, 2.45) is 0 Å². The highest BCUT2D eigenvalue weighted by molar-refractivity contribution is 5.76. The SMILES string of the molecule is CC(C)(C)n1c(CC(O)C(F)(F)F)nc2ccccc21. The Labute approximate surface area is 115 Å². The molecule has 1 N–H and O–H groups in total. The minimum atomic E-state index is -4.64. The van der Waals surface area contributed by atoms with Crippen LogP contribution in [0.25, 0.3) is 11.0 Å². The van der Waals surface area contributed by atoms with Gasteiger partial charge in [0.1, 0.15) is 5.82 Å². The summed E-state index contributed by atoms with van der Waals surface area (Å²) in [4.78, 5) is 4.24. The first-order valence-electron chi connectivity index (χ1n) is 6.32. The lowest BCUT2D eigenvalue weighted by atomic mass is 10.1. The van der Waals surface area contributed by atoms with Gasteiger partial charge in [0.25, 0.3) is 0 Å². The summed E-state index contributed by atoms with van der Waals surface area (Å²) >= 11 is 0. The zero-order valence-electron chi connectivity index (χ0n) is 11.6. The van der Waals surface area contributed by atoms with Gasteiger partial charge in [-0.25, -0.2) is 4.98 Å². The first-order chi connectivity index (χ1) is 9.10. The van der Waals surface area contributed by atoms with Crippen molar-refractivity contribution in [2.75, 3.05) is 0 Å². The number of imidazole rings is 1. The maximum Gasteiger partial charge on any atom is 0.414 e. The van der Waals surface area contributed by atoms with Crippen molar-refractivity contribution in [3.8, 4) is 0 Å². The summed E-state index contributed by atoms with van der Waals surface area (Å²) in [5.41, 5.74) is 0.979. The van der Waals surface area contributed by atoms with E-state index in [2.05, 4.69) is 4.98 Å². The lowest BCUT2D eigenvalue weighted by molar-refractivity contribution is -0.203. The zero-order valence-corrected chi connectivity index (χ0v) is 11.6. The highest BCUT2D eigenvalue weighted by atomic mass is 19.4. The Bertz CT molecular complexity index is 611. The van der Waals surface area contributed by atoms with E-state index in [1.165, 1.54) is 0 Å². The van der Waals surface area contributed by atoms with Gasteiger partial charge in [-0.15, -0.1) is 0 Å². The molecule has 1 heterocycles. The zero-order chi connectivity index (χ0) is 15.1. The van der Waals surface area contributed by atoms with Crippen molar-refractivity contribution < 1.29 is 18.3 Å². The molecule has 20 heavy (non-hydrogen) atoms. The molecule has 2 rings (SSSR count). The number of nitrogens with zero attached hydrogens (tertiary/aromatic N) is 2. The van der Waals surface area contributed by atoms with Crippen molar-refractivity contribution in [1.29, 1.82) is 0 Å². The average Bonchev–Trinajstić information content (AvgIpc) is 2.64. The van der Waals surface area contributed by atoms with Crippen LogP contribution < -0.4 is 0 Å². The van der Waals surface area contributed by atoms with Gasteiger partial charge < -0.3 is 9.67 Å². The van der Waals surface area contributed by atoms with Crippen LogP contribution in [0.1, 0.15) is 26.6 Å². The highest BCUT2D eigenvalue weighted by Crippen LogP contribution is 2.28. The summed E-state index contributed by atoms with van der Waals surface area (Å²) in [6.07, 6.45) is -7.59. The summed E-state index contributed by atoms with van der Waals surface area (Å²) in [7, 11) is 0. The van der Waals surface area contributed by atoms with Gasteiger partial charge in [-0.2, -0.15) is 13.2 Å². The van der Waals surface area contributed by atoms with Crippen molar-refractivity contribution in [3.63, 3.8) is 0 Å². The van der Waals surface area contributed by atoms with Crippen LogP contribution in [0, 0.1) is 0 Å². The van der Waals surface area contributed by atoms with Crippen LogP contribution in [0.3, 0.4) is 0 Å². The number of hydrogen-bond donors (Lipinski definition) is 1. The van der Waals surface area contributed by atoms with Gasteiger partial charge in [0.2, 0.25) is 0 Å². The Kier molecular flexibility index (Phi) is 3.54. The Morgan fingerprint density at radius 2 is 1.80 bits per heavy atom. The Morgan fingerprint density at radius 1 is 1.20 bits per heavy atom. The van der Waals surface area contributed by atoms with Crippen LogP contribution in [-0.4, -0.2) is 26.9 Å². The molecule has 0 amide bonds. The molecule has 3 nitrogen and oxygen atoms in total. The average molecular weight is 286 g/mol. The number of aromatic nitrogens is 2. The smallest absolute Gasteiger partial charge is 0.383 e. The van der Waals surface area contributed by atoms with E-state index in [0.717, 1.165) is 5.52 Å². The van der Waals surface area contributed by atoms with Crippen molar-refractivity contribution >= 4 is 11.0 Å². The Balaban J connectivity index is 2.53. The summed E-state index contributed by atoms with van der Waals surface area (Å²) in [6, 6.07) is 7.17. The predicted octanol–water partition coefficient (Wildman–Crippen LogP) is 3.26. The third-order valence-corrected chi connectivity index (χ3v) is 3.05. The van der Waals surface area contributed by atoms with E-state index in [9.17, 15) is 18.3 Å². The lowest BCUT2D eigenvalue weighted by Crippen LogP contribution is -2.33. The minimum Gasteiger partial charge on any atom is -0.383 e. The molecule has 0 aliphatic carbocycles. The monoisotopic (exact) mass is 286 g/mol. The number of hydrogen-bond acceptors (Lipinski definition) is 2. The van der Waals surface area contributed by atoms with E-state index < -0.39 is 24.2 Å². The second kappa shape index (κ2) is 4.77. The quantitative estimate of drug-likeness (QED) is 0.920. The fourth-order valence-corrected chi connectivity index (χ4v) is 2.25. The molecule has 1 unspecified atom stereocenters. The standard InChI is InChI=1S/C14H17F3N2O/c1-13(2,3)19-10-7-5-4-6-9(10)18-12(19)8-11(20)14(15,16)17/h4-7,11,20H,8H2,1-3H3. The number of aliphatic hydroxyl groups is 1. The fraction of sp³-hybridized carbons (Fsp3) is 0.500. The fourth-order valence-electron chi connectivity index (χ4n) is 2.25. The number of rotatable bonds is 2. The van der Waals surface area contributed by atoms with E-state index in [1.807, 2.05) is 32.9 Å². The van der Waals surface area contributed by atoms with Crippen molar-refractivity contribution in [1.82, 2.24) is 9.55 Å². The summed E-state index contributed by atoms with van der Waals surface area (Å²) < 4.78 is 39.3. The molecular weight excluding hydrogens is 269 g/mol. The minimum absolute atomic E-state index is 0.239. The molecule has 0 radical (unpaired) electrons. The molecule has 0 aliphatic heterocycles. The third-order valence-electron chi connectivity index (χ3n) is 3.05. The molecule has 0 aliphatic rings. The summed E-state index contributed by atoms with van der Waals surface area (Å²) in [6.45, 7) is 5.68. The van der Waals surface area contributed by atoms with Crippen LogP contribution in [0.4, 0.5) is 13.2 Å². The normalized spacial score (nSPS) is 14.8. The summed E-state index contributed by atoms with van der Waals surface area (Å²) in [5.74, 6) is 0.239. The highest BCUT2D eigenvalue weighted by Gasteiger charge is 2.39. The number of benzene rings is 1. The molecule has 0 saturated heterocycles. The van der Waals surface area contributed by atoms with Gasteiger partial charge in [-0.3, -0.25) is 0 Å². The number of para-hydroxylation sites is 2. The first kappa shape index (κ1) is 14.8. The van der Waals surface area contributed by atoms with E-state index in [1.54, 1.807) is 16.7 Å². The van der Waals surface area contributed by atoms with E-state index in [4.69, 9.17) is 0 Å². The maximum atomic E-state index is 12.5. The van der Waals surface area contributed by atoms with Gasteiger partial charge in [-0.1, -0.05) is 12.1 Å². The lowest BCUT2D eigenvalue weighted by Gasteiger charge is -2.25. The van der Waals surface area contributed by atoms with Crippen LogP contribution in [0.5, 0.6) is 0 Å². The second-order valence-electron chi connectivity index (χ2n) is 5.78. The predicted molar refractivity (Wildman–Crippen MR) is 70.5 cm³/mol. The van der Waals surface area contributed by atoms with Crippen LogP contribution in [0.15, 0.2) is 24.3 Å². The van der Waals surface area contributed by atoms with Crippen molar-refractivity contribution in [3.05, 3.63) is 30.1 Å². The molecule has 0 fully saturated rings. The molecule has 0 bridgehead atoms. The van der Waals surface area contributed by atoms with E-state index in [-0.39, 0.29) is 5.82 Å². The van der Waals surface area contributed by atoms with Gasteiger partial charge in [0.15, 0.2) is 6.10 Å². The molecule has 110 valence electrons. The molecular formula is C14H17F3N2O. The van der Waals surface area contributed by atoms with Gasteiger partial charge in [0.05, 0.1) is 11.0 Å². The van der Waals surface area contributed by atoms with Crippen LogP contribution >= 0.6 is 0 Å².